The number of amidine groups is 1. The number of methoxy groups -OCH3 is 1. The number of ether oxygens (including phenoxy) is 1. The molecule has 122 valence electrons. The fourth-order valence-electron chi connectivity index (χ4n) is 1.87. The molecular formula is C15H17ClN4O3. The molecule has 7 nitrogen and oxygen atoms in total. The van der Waals surface area contributed by atoms with E-state index >= 15 is 0 Å². The van der Waals surface area contributed by atoms with Crippen LogP contribution in [0.3, 0.4) is 0 Å². The van der Waals surface area contributed by atoms with Gasteiger partial charge in [-0.3, -0.25) is 4.68 Å². The Balaban J connectivity index is 1.96. The standard InChI is InChI=1S/C15H17ClN4O3/c1-10-8-18-20(9-10)6-5-14(21)23-19-15(17)12-7-11(16)3-4-13(12)22-2/h3-4,7-9H,5-6H2,1-2H3,(H2,17,19). The van der Waals surface area contributed by atoms with Gasteiger partial charge in [-0.05, 0) is 30.7 Å². The fourth-order valence-corrected chi connectivity index (χ4v) is 2.04. The van der Waals surface area contributed by atoms with E-state index in [-0.39, 0.29) is 12.3 Å². The van der Waals surface area contributed by atoms with Crippen LogP contribution in [-0.2, 0) is 16.2 Å². The van der Waals surface area contributed by atoms with Gasteiger partial charge >= 0.3 is 5.97 Å². The van der Waals surface area contributed by atoms with Crippen molar-refractivity contribution in [3.05, 3.63) is 46.7 Å². The second-order valence-corrected chi connectivity index (χ2v) is 5.25. The molecule has 0 amide bonds. The summed E-state index contributed by atoms with van der Waals surface area (Å²) in [5, 5.41) is 8.19. The smallest absolute Gasteiger partial charge is 0.336 e. The van der Waals surface area contributed by atoms with Crippen molar-refractivity contribution in [3.8, 4) is 5.75 Å². The van der Waals surface area contributed by atoms with Gasteiger partial charge in [0.2, 0.25) is 0 Å². The van der Waals surface area contributed by atoms with Crippen molar-refractivity contribution in [2.24, 2.45) is 10.9 Å². The number of oxime groups is 1. The third-order valence-electron chi connectivity index (χ3n) is 2.99. The molecule has 0 spiro atoms. The summed E-state index contributed by atoms with van der Waals surface area (Å²) in [7, 11) is 1.50. The maximum absolute atomic E-state index is 11.7. The predicted molar refractivity (Wildman–Crippen MR) is 86.4 cm³/mol. The number of rotatable bonds is 6. The molecule has 0 radical (unpaired) electrons. The summed E-state index contributed by atoms with van der Waals surface area (Å²) in [5.74, 6) is -0.0200. The molecule has 0 saturated carbocycles. The first kappa shape index (κ1) is 16.8. The minimum atomic E-state index is -0.512. The average molecular weight is 337 g/mol. The van der Waals surface area contributed by atoms with Crippen LogP contribution in [-0.4, -0.2) is 28.7 Å². The van der Waals surface area contributed by atoms with Crippen LogP contribution < -0.4 is 10.5 Å². The lowest BCUT2D eigenvalue weighted by Crippen LogP contribution is -2.17. The molecule has 0 aliphatic rings. The normalized spacial score (nSPS) is 11.3. The summed E-state index contributed by atoms with van der Waals surface area (Å²) in [4.78, 5) is 16.5. The van der Waals surface area contributed by atoms with Crippen LogP contribution in [0.25, 0.3) is 0 Å². The molecule has 0 bridgehead atoms. The zero-order valence-electron chi connectivity index (χ0n) is 12.8. The first-order valence-electron chi connectivity index (χ1n) is 6.86. The van der Waals surface area contributed by atoms with Crippen molar-refractivity contribution in [3.63, 3.8) is 0 Å². The van der Waals surface area contributed by atoms with Gasteiger partial charge in [0, 0.05) is 11.2 Å². The Labute approximate surface area is 138 Å². The van der Waals surface area contributed by atoms with Crippen LogP contribution in [0, 0.1) is 6.92 Å². The molecule has 0 aliphatic carbocycles. The number of nitrogens with zero attached hydrogens (tertiary/aromatic N) is 3. The molecule has 1 aromatic heterocycles. The highest BCUT2D eigenvalue weighted by Crippen LogP contribution is 2.22. The molecule has 0 saturated heterocycles. The maximum atomic E-state index is 11.7. The molecule has 0 atom stereocenters. The number of hydrogen-bond donors (Lipinski definition) is 1. The van der Waals surface area contributed by atoms with Crippen molar-refractivity contribution in [2.75, 3.05) is 7.11 Å². The van der Waals surface area contributed by atoms with E-state index in [4.69, 9.17) is 26.9 Å². The number of carbonyl (C=O) groups excluding carboxylic acids is 1. The number of benzene rings is 1. The van der Waals surface area contributed by atoms with Crippen molar-refractivity contribution >= 4 is 23.4 Å². The summed E-state index contributed by atoms with van der Waals surface area (Å²) in [6, 6.07) is 4.90. The Hall–Kier alpha value is -2.54. The van der Waals surface area contributed by atoms with E-state index in [0.29, 0.717) is 22.9 Å². The lowest BCUT2D eigenvalue weighted by molar-refractivity contribution is -0.143. The third-order valence-corrected chi connectivity index (χ3v) is 3.23. The Bertz CT molecular complexity index is 727. The van der Waals surface area contributed by atoms with Crippen LogP contribution in [0.2, 0.25) is 5.02 Å². The topological polar surface area (TPSA) is 91.7 Å². The Morgan fingerprint density at radius 3 is 2.91 bits per heavy atom. The minimum Gasteiger partial charge on any atom is -0.496 e. The van der Waals surface area contributed by atoms with E-state index in [0.717, 1.165) is 5.56 Å². The highest BCUT2D eigenvalue weighted by atomic mass is 35.5. The van der Waals surface area contributed by atoms with Gasteiger partial charge in [-0.1, -0.05) is 16.8 Å². The molecule has 2 aromatic rings. The summed E-state index contributed by atoms with van der Waals surface area (Å²) in [6.07, 6.45) is 3.68. The molecule has 2 rings (SSSR count). The minimum absolute atomic E-state index is 0.00707. The monoisotopic (exact) mass is 336 g/mol. The highest BCUT2D eigenvalue weighted by Gasteiger charge is 2.10. The number of hydrogen-bond acceptors (Lipinski definition) is 5. The average Bonchev–Trinajstić information content (AvgIpc) is 2.96. The SMILES string of the molecule is COc1ccc(Cl)cc1/C(N)=N/OC(=O)CCn1cc(C)cn1. The largest absolute Gasteiger partial charge is 0.496 e. The second kappa shape index (κ2) is 7.64. The van der Waals surface area contributed by atoms with Crippen molar-refractivity contribution < 1.29 is 14.4 Å². The van der Waals surface area contributed by atoms with Gasteiger partial charge < -0.3 is 15.3 Å². The number of aryl methyl sites for hydroxylation is 2. The Morgan fingerprint density at radius 1 is 1.48 bits per heavy atom. The summed E-state index contributed by atoms with van der Waals surface area (Å²) in [6.45, 7) is 2.33. The molecule has 0 aliphatic heterocycles. The van der Waals surface area contributed by atoms with Crippen molar-refractivity contribution in [1.82, 2.24) is 9.78 Å². The van der Waals surface area contributed by atoms with Gasteiger partial charge in [0.05, 0.1) is 31.8 Å². The van der Waals surface area contributed by atoms with Crippen LogP contribution in [0.4, 0.5) is 0 Å². The van der Waals surface area contributed by atoms with E-state index < -0.39 is 5.97 Å². The molecule has 8 heteroatoms. The molecule has 0 fully saturated rings. The van der Waals surface area contributed by atoms with Gasteiger partial charge in [0.15, 0.2) is 5.84 Å². The van der Waals surface area contributed by atoms with E-state index in [2.05, 4.69) is 10.3 Å². The predicted octanol–water partition coefficient (Wildman–Crippen LogP) is 2.11. The second-order valence-electron chi connectivity index (χ2n) is 4.82. The number of halogens is 1. The molecule has 1 heterocycles. The van der Waals surface area contributed by atoms with Gasteiger partial charge in [-0.2, -0.15) is 5.10 Å². The highest BCUT2D eigenvalue weighted by molar-refractivity contribution is 6.31. The molecule has 0 unspecified atom stereocenters. The zero-order valence-corrected chi connectivity index (χ0v) is 13.6. The van der Waals surface area contributed by atoms with Crippen LogP contribution in [0.15, 0.2) is 35.7 Å². The number of aromatic nitrogens is 2. The van der Waals surface area contributed by atoms with E-state index in [9.17, 15) is 4.79 Å². The molecule has 1 aromatic carbocycles. The first-order chi connectivity index (χ1) is 11.0. The van der Waals surface area contributed by atoms with E-state index in [1.54, 1.807) is 29.1 Å². The van der Waals surface area contributed by atoms with Crippen molar-refractivity contribution in [1.29, 1.82) is 0 Å². The summed E-state index contributed by atoms with van der Waals surface area (Å²) < 4.78 is 6.82. The molecular weight excluding hydrogens is 320 g/mol. The number of carbonyl (C=O) groups is 1. The van der Waals surface area contributed by atoms with Gasteiger partial charge in [-0.25, -0.2) is 4.79 Å². The van der Waals surface area contributed by atoms with Gasteiger partial charge in [-0.15, -0.1) is 0 Å². The lowest BCUT2D eigenvalue weighted by Gasteiger charge is -2.07. The van der Waals surface area contributed by atoms with Crippen LogP contribution in [0.1, 0.15) is 17.5 Å². The molecule has 23 heavy (non-hydrogen) atoms. The van der Waals surface area contributed by atoms with E-state index in [1.165, 1.54) is 7.11 Å². The van der Waals surface area contributed by atoms with Crippen molar-refractivity contribution in [2.45, 2.75) is 19.9 Å². The Kier molecular flexibility index (Phi) is 5.59. The van der Waals surface area contributed by atoms with Crippen LogP contribution in [0.5, 0.6) is 5.75 Å². The summed E-state index contributed by atoms with van der Waals surface area (Å²) >= 11 is 5.92. The quantitative estimate of drug-likeness (QED) is 0.377. The number of nitrogens with two attached hydrogens (primary N) is 1. The zero-order chi connectivity index (χ0) is 16.8. The summed E-state index contributed by atoms with van der Waals surface area (Å²) in [5.41, 5.74) is 7.29. The lowest BCUT2D eigenvalue weighted by atomic mass is 10.2. The van der Waals surface area contributed by atoms with Gasteiger partial charge in [0.1, 0.15) is 5.75 Å². The third kappa shape index (κ3) is 4.72. The maximum Gasteiger partial charge on any atom is 0.336 e. The van der Waals surface area contributed by atoms with Gasteiger partial charge in [0.25, 0.3) is 0 Å². The van der Waals surface area contributed by atoms with Crippen LogP contribution >= 0.6 is 11.6 Å². The Morgan fingerprint density at radius 2 is 2.26 bits per heavy atom. The molecule has 2 N–H and O–H groups in total. The first-order valence-corrected chi connectivity index (χ1v) is 7.23. The van der Waals surface area contributed by atoms with E-state index in [1.807, 2.05) is 13.1 Å². The fraction of sp³-hybridized carbons (Fsp3) is 0.267.